The van der Waals surface area contributed by atoms with Crippen LogP contribution in [0.25, 0.3) is 5.69 Å². The Kier molecular flexibility index (Phi) is 4.88. The summed E-state index contributed by atoms with van der Waals surface area (Å²) in [7, 11) is -3.25. The van der Waals surface area contributed by atoms with Crippen molar-refractivity contribution in [3.8, 4) is 5.69 Å². The third-order valence-corrected chi connectivity index (χ3v) is 8.15. The Bertz CT molecular complexity index is 1010. The second-order valence-corrected chi connectivity index (χ2v) is 9.87. The first-order valence-corrected chi connectivity index (χ1v) is 11.4. The topological polar surface area (TPSA) is 59.4 Å². The Morgan fingerprint density at radius 2 is 1.74 bits per heavy atom. The summed E-state index contributed by atoms with van der Waals surface area (Å²) in [5, 5.41) is 1.39. The van der Waals surface area contributed by atoms with Gasteiger partial charge in [-0.15, -0.1) is 11.3 Å². The molecule has 27 heavy (non-hydrogen) atoms. The van der Waals surface area contributed by atoms with Crippen molar-refractivity contribution in [1.29, 1.82) is 0 Å². The van der Waals surface area contributed by atoms with Crippen molar-refractivity contribution in [2.75, 3.05) is 18.8 Å². The van der Waals surface area contributed by atoms with Crippen LogP contribution in [0.15, 0.2) is 66.3 Å². The van der Waals surface area contributed by atoms with Gasteiger partial charge in [0.25, 0.3) is 5.91 Å². The monoisotopic (exact) mass is 400 g/mol. The number of nitrogens with zero attached hydrogens (tertiary/aromatic N) is 2. The fourth-order valence-corrected chi connectivity index (χ4v) is 6.41. The SMILES string of the molecule is O=C(c1ccc(-n2cccc2)cc1)N1CCC(c2cccs2)S(=O)(=O)CC1. The molecule has 0 radical (unpaired) electrons. The maximum absolute atomic E-state index is 12.9. The molecular formula is C20H20N2O3S2. The van der Waals surface area contributed by atoms with Gasteiger partial charge in [0.1, 0.15) is 0 Å². The van der Waals surface area contributed by atoms with Crippen molar-refractivity contribution in [2.45, 2.75) is 11.7 Å². The highest BCUT2D eigenvalue weighted by atomic mass is 32.2. The van der Waals surface area contributed by atoms with Crippen LogP contribution in [0, 0.1) is 0 Å². The maximum Gasteiger partial charge on any atom is 0.253 e. The molecule has 7 heteroatoms. The zero-order valence-corrected chi connectivity index (χ0v) is 16.3. The molecule has 1 fully saturated rings. The Labute approximate surface area is 162 Å². The van der Waals surface area contributed by atoms with E-state index in [9.17, 15) is 13.2 Å². The van der Waals surface area contributed by atoms with Gasteiger partial charge in [0, 0.05) is 41.6 Å². The molecule has 1 aliphatic heterocycles. The third kappa shape index (κ3) is 3.70. The Hall–Kier alpha value is -2.38. The van der Waals surface area contributed by atoms with E-state index in [0.29, 0.717) is 18.5 Å². The molecule has 4 rings (SSSR count). The number of amides is 1. The molecule has 1 aromatic carbocycles. The largest absolute Gasteiger partial charge is 0.338 e. The standard InChI is InChI=1S/C20H20N2O3S2/c23-20(16-5-7-17(8-6-16)21-10-1-2-11-21)22-12-9-19(18-4-3-14-26-18)27(24,25)15-13-22/h1-8,10-11,14,19H,9,12-13,15H2. The van der Waals surface area contributed by atoms with Crippen LogP contribution in [0.3, 0.4) is 0 Å². The lowest BCUT2D eigenvalue weighted by atomic mass is 10.1. The van der Waals surface area contributed by atoms with Crippen LogP contribution in [-0.2, 0) is 9.84 Å². The maximum atomic E-state index is 12.9. The van der Waals surface area contributed by atoms with Gasteiger partial charge in [-0.3, -0.25) is 4.79 Å². The highest BCUT2D eigenvalue weighted by Gasteiger charge is 2.33. The van der Waals surface area contributed by atoms with Crippen LogP contribution < -0.4 is 0 Å². The minimum Gasteiger partial charge on any atom is -0.338 e. The van der Waals surface area contributed by atoms with E-state index in [1.807, 2.05) is 58.7 Å². The summed E-state index contributed by atoms with van der Waals surface area (Å²) < 4.78 is 27.3. The normalized spacial score (nSPS) is 19.6. The summed E-state index contributed by atoms with van der Waals surface area (Å²) in [6, 6.07) is 15.0. The summed E-state index contributed by atoms with van der Waals surface area (Å²) >= 11 is 1.46. The van der Waals surface area contributed by atoms with Crippen molar-refractivity contribution < 1.29 is 13.2 Å². The molecule has 5 nitrogen and oxygen atoms in total. The van der Waals surface area contributed by atoms with Gasteiger partial charge >= 0.3 is 0 Å². The zero-order chi connectivity index (χ0) is 18.9. The fraction of sp³-hybridized carbons (Fsp3) is 0.250. The molecule has 2 aromatic heterocycles. The van der Waals surface area contributed by atoms with E-state index in [-0.39, 0.29) is 18.2 Å². The molecule has 1 atom stereocenters. The Morgan fingerprint density at radius 3 is 2.41 bits per heavy atom. The summed E-state index contributed by atoms with van der Waals surface area (Å²) in [5.74, 6) is -0.112. The minimum atomic E-state index is -3.25. The summed E-state index contributed by atoms with van der Waals surface area (Å²) in [5.41, 5.74) is 1.56. The first-order chi connectivity index (χ1) is 13.0. The predicted molar refractivity (Wildman–Crippen MR) is 107 cm³/mol. The number of sulfone groups is 1. The second-order valence-electron chi connectivity index (χ2n) is 6.59. The van der Waals surface area contributed by atoms with Crippen molar-refractivity contribution in [3.05, 3.63) is 76.7 Å². The number of carbonyl (C=O) groups is 1. The van der Waals surface area contributed by atoms with Crippen LogP contribution in [0.5, 0.6) is 0 Å². The van der Waals surface area contributed by atoms with Crippen molar-refractivity contribution in [1.82, 2.24) is 9.47 Å². The molecule has 140 valence electrons. The van der Waals surface area contributed by atoms with Crippen LogP contribution in [0.4, 0.5) is 0 Å². The minimum absolute atomic E-state index is 0.00274. The van der Waals surface area contributed by atoms with Gasteiger partial charge in [-0.2, -0.15) is 0 Å². The molecule has 1 saturated heterocycles. The molecule has 0 bridgehead atoms. The van der Waals surface area contributed by atoms with Gasteiger partial charge in [-0.1, -0.05) is 6.07 Å². The molecule has 3 heterocycles. The van der Waals surface area contributed by atoms with E-state index >= 15 is 0 Å². The van der Waals surface area contributed by atoms with Crippen LogP contribution in [0.2, 0.25) is 0 Å². The smallest absolute Gasteiger partial charge is 0.253 e. The summed E-state index contributed by atoms with van der Waals surface area (Å²) in [6.07, 6.45) is 4.33. The molecule has 1 aliphatic rings. The van der Waals surface area contributed by atoms with Gasteiger partial charge < -0.3 is 9.47 Å². The Balaban J connectivity index is 1.51. The average Bonchev–Trinajstić information content (AvgIpc) is 3.36. The predicted octanol–water partition coefficient (Wildman–Crippen LogP) is 3.54. The van der Waals surface area contributed by atoms with E-state index < -0.39 is 15.1 Å². The van der Waals surface area contributed by atoms with E-state index in [0.717, 1.165) is 10.6 Å². The van der Waals surface area contributed by atoms with Crippen LogP contribution >= 0.6 is 11.3 Å². The molecule has 0 saturated carbocycles. The first kappa shape index (κ1) is 18.0. The number of thiophene rings is 1. The Morgan fingerprint density at radius 1 is 1.00 bits per heavy atom. The molecule has 0 N–H and O–H groups in total. The quantitative estimate of drug-likeness (QED) is 0.676. The van der Waals surface area contributed by atoms with Crippen molar-refractivity contribution in [2.24, 2.45) is 0 Å². The number of hydrogen-bond donors (Lipinski definition) is 0. The lowest BCUT2D eigenvalue weighted by molar-refractivity contribution is 0.0766. The van der Waals surface area contributed by atoms with Crippen molar-refractivity contribution in [3.63, 3.8) is 0 Å². The fourth-order valence-electron chi connectivity index (χ4n) is 3.41. The van der Waals surface area contributed by atoms with Gasteiger partial charge in [-0.05, 0) is 54.3 Å². The number of hydrogen-bond acceptors (Lipinski definition) is 4. The van der Waals surface area contributed by atoms with Crippen molar-refractivity contribution >= 4 is 27.1 Å². The molecule has 1 amide bonds. The number of benzene rings is 1. The second kappa shape index (κ2) is 7.32. The highest BCUT2D eigenvalue weighted by molar-refractivity contribution is 7.91. The lowest BCUT2D eigenvalue weighted by Crippen LogP contribution is -2.33. The zero-order valence-electron chi connectivity index (χ0n) is 14.7. The van der Waals surface area contributed by atoms with Gasteiger partial charge in [0.05, 0.1) is 11.0 Å². The van der Waals surface area contributed by atoms with Gasteiger partial charge in [0.2, 0.25) is 0 Å². The van der Waals surface area contributed by atoms with E-state index in [1.54, 1.807) is 17.0 Å². The lowest BCUT2D eigenvalue weighted by Gasteiger charge is -2.20. The van der Waals surface area contributed by atoms with Crippen LogP contribution in [0.1, 0.15) is 26.9 Å². The molecule has 0 aliphatic carbocycles. The van der Waals surface area contributed by atoms with E-state index in [4.69, 9.17) is 0 Å². The van der Waals surface area contributed by atoms with Gasteiger partial charge in [-0.25, -0.2) is 8.42 Å². The highest BCUT2D eigenvalue weighted by Crippen LogP contribution is 2.32. The molecule has 3 aromatic rings. The summed E-state index contributed by atoms with van der Waals surface area (Å²) in [4.78, 5) is 15.4. The number of aromatic nitrogens is 1. The van der Waals surface area contributed by atoms with Crippen LogP contribution in [-0.4, -0.2) is 42.6 Å². The first-order valence-electron chi connectivity index (χ1n) is 8.82. The molecular weight excluding hydrogens is 380 g/mol. The number of carbonyl (C=O) groups excluding carboxylic acids is 1. The van der Waals surface area contributed by atoms with Gasteiger partial charge in [0.15, 0.2) is 9.84 Å². The molecule has 1 unspecified atom stereocenters. The number of rotatable bonds is 3. The van der Waals surface area contributed by atoms with E-state index in [1.165, 1.54) is 11.3 Å². The van der Waals surface area contributed by atoms with E-state index in [2.05, 4.69) is 0 Å². The third-order valence-electron chi connectivity index (χ3n) is 4.90. The summed E-state index contributed by atoms with van der Waals surface area (Å²) in [6.45, 7) is 0.683. The average molecular weight is 401 g/mol. The molecule has 0 spiro atoms.